The predicted molar refractivity (Wildman–Crippen MR) is 190 cm³/mol. The van der Waals surface area contributed by atoms with Crippen molar-refractivity contribution in [1.82, 2.24) is 9.38 Å². The van der Waals surface area contributed by atoms with E-state index >= 15 is 0 Å². The number of para-hydroxylation sites is 3. The molecule has 0 aliphatic carbocycles. The van der Waals surface area contributed by atoms with Crippen LogP contribution in [-0.2, 0) is 0 Å². The van der Waals surface area contributed by atoms with E-state index in [4.69, 9.17) is 4.98 Å². The van der Waals surface area contributed by atoms with Gasteiger partial charge in [0.25, 0.3) is 0 Å². The SMILES string of the molecule is Cc1cc(C)c(-c2nc3c4ccccc4c4ccccc4n3c2-c2ccc(N(c3ccccc3)c3ccccc3)cc2)c(C)c1. The van der Waals surface area contributed by atoms with Crippen LogP contribution in [0.1, 0.15) is 16.7 Å². The normalized spacial score (nSPS) is 11.4. The van der Waals surface area contributed by atoms with E-state index in [0.717, 1.165) is 50.6 Å². The van der Waals surface area contributed by atoms with Gasteiger partial charge in [0.2, 0.25) is 0 Å². The van der Waals surface area contributed by atoms with Crippen molar-refractivity contribution in [3.05, 3.63) is 162 Å². The van der Waals surface area contributed by atoms with Gasteiger partial charge in [0.15, 0.2) is 0 Å². The van der Waals surface area contributed by atoms with Crippen molar-refractivity contribution < 1.29 is 0 Å². The number of fused-ring (bicyclic) bond motifs is 6. The predicted octanol–water partition coefficient (Wildman–Crippen LogP) is 11.4. The van der Waals surface area contributed by atoms with Gasteiger partial charge in [-0.3, -0.25) is 4.40 Å². The molecule has 0 spiro atoms. The van der Waals surface area contributed by atoms with Crippen LogP contribution in [0.2, 0.25) is 0 Å². The molecule has 0 saturated heterocycles. The maximum atomic E-state index is 5.49. The highest BCUT2D eigenvalue weighted by Crippen LogP contribution is 2.42. The second kappa shape index (κ2) is 10.8. The van der Waals surface area contributed by atoms with Crippen LogP contribution in [0, 0.1) is 20.8 Å². The van der Waals surface area contributed by atoms with E-state index in [9.17, 15) is 0 Å². The molecule has 0 radical (unpaired) electrons. The molecule has 6 aromatic carbocycles. The number of aryl methyl sites for hydroxylation is 3. The molecule has 45 heavy (non-hydrogen) atoms. The van der Waals surface area contributed by atoms with Gasteiger partial charge < -0.3 is 4.90 Å². The first-order chi connectivity index (χ1) is 22.1. The van der Waals surface area contributed by atoms with Crippen molar-refractivity contribution in [1.29, 1.82) is 0 Å². The van der Waals surface area contributed by atoms with Crippen molar-refractivity contribution in [2.45, 2.75) is 20.8 Å². The van der Waals surface area contributed by atoms with Crippen molar-refractivity contribution in [2.24, 2.45) is 0 Å². The highest BCUT2D eigenvalue weighted by Gasteiger charge is 2.23. The number of anilines is 3. The first-order valence-corrected chi connectivity index (χ1v) is 15.5. The van der Waals surface area contributed by atoms with Crippen LogP contribution in [-0.4, -0.2) is 9.38 Å². The lowest BCUT2D eigenvalue weighted by molar-refractivity contribution is 1.26. The summed E-state index contributed by atoms with van der Waals surface area (Å²) in [7, 11) is 0. The van der Waals surface area contributed by atoms with E-state index < -0.39 is 0 Å². The Labute approximate surface area is 263 Å². The van der Waals surface area contributed by atoms with Crippen LogP contribution in [0.3, 0.4) is 0 Å². The fourth-order valence-electron chi connectivity index (χ4n) is 7.01. The minimum absolute atomic E-state index is 0.980. The molecule has 0 aliphatic rings. The molecule has 0 fully saturated rings. The lowest BCUT2D eigenvalue weighted by atomic mass is 9.94. The van der Waals surface area contributed by atoms with Crippen LogP contribution < -0.4 is 4.90 Å². The number of benzene rings is 6. The number of hydrogen-bond acceptors (Lipinski definition) is 2. The summed E-state index contributed by atoms with van der Waals surface area (Å²) in [5, 5.41) is 3.60. The Morgan fingerprint density at radius 1 is 0.511 bits per heavy atom. The third-order valence-corrected chi connectivity index (χ3v) is 8.82. The van der Waals surface area contributed by atoms with Crippen LogP contribution in [0.5, 0.6) is 0 Å². The Morgan fingerprint density at radius 2 is 1.02 bits per heavy atom. The highest BCUT2D eigenvalue weighted by molar-refractivity contribution is 6.13. The fourth-order valence-corrected chi connectivity index (χ4v) is 7.01. The highest BCUT2D eigenvalue weighted by atomic mass is 15.1. The molecule has 216 valence electrons. The maximum absolute atomic E-state index is 5.49. The van der Waals surface area contributed by atoms with E-state index in [-0.39, 0.29) is 0 Å². The van der Waals surface area contributed by atoms with E-state index in [2.05, 4.69) is 176 Å². The first kappa shape index (κ1) is 26.9. The number of imidazole rings is 1. The molecule has 0 aliphatic heterocycles. The second-order valence-corrected chi connectivity index (χ2v) is 11.9. The minimum atomic E-state index is 0.980. The molecule has 3 heteroatoms. The van der Waals surface area contributed by atoms with Gasteiger partial charge in [-0.2, -0.15) is 0 Å². The Kier molecular flexibility index (Phi) is 6.46. The number of rotatable bonds is 5. The Hall–Kier alpha value is -5.67. The Balaban J connectivity index is 1.42. The summed E-state index contributed by atoms with van der Waals surface area (Å²) in [6, 6.07) is 52.0. The fraction of sp³-hybridized carbons (Fsp3) is 0.0714. The van der Waals surface area contributed by atoms with Crippen molar-refractivity contribution >= 4 is 44.4 Å². The lowest BCUT2D eigenvalue weighted by Crippen LogP contribution is -2.09. The Morgan fingerprint density at radius 3 is 1.64 bits per heavy atom. The van der Waals surface area contributed by atoms with Gasteiger partial charge in [0.05, 0.1) is 16.9 Å². The third-order valence-electron chi connectivity index (χ3n) is 8.82. The zero-order chi connectivity index (χ0) is 30.5. The van der Waals surface area contributed by atoms with Gasteiger partial charge in [0.1, 0.15) is 5.65 Å². The molecule has 0 bridgehead atoms. The minimum Gasteiger partial charge on any atom is -0.311 e. The second-order valence-electron chi connectivity index (χ2n) is 11.9. The van der Waals surface area contributed by atoms with Crippen LogP contribution in [0.15, 0.2) is 146 Å². The summed E-state index contributed by atoms with van der Waals surface area (Å²) < 4.78 is 2.38. The maximum Gasteiger partial charge on any atom is 0.146 e. The first-order valence-electron chi connectivity index (χ1n) is 15.5. The molecule has 3 nitrogen and oxygen atoms in total. The molecule has 0 amide bonds. The van der Waals surface area contributed by atoms with Gasteiger partial charge in [-0.15, -0.1) is 0 Å². The van der Waals surface area contributed by atoms with E-state index in [1.54, 1.807) is 0 Å². The molecule has 0 unspecified atom stereocenters. The van der Waals surface area contributed by atoms with Crippen LogP contribution in [0.4, 0.5) is 17.1 Å². The van der Waals surface area contributed by atoms with Gasteiger partial charge in [-0.1, -0.05) is 109 Å². The summed E-state index contributed by atoms with van der Waals surface area (Å²) in [6.45, 7) is 6.58. The molecule has 0 atom stereocenters. The zero-order valence-corrected chi connectivity index (χ0v) is 25.7. The largest absolute Gasteiger partial charge is 0.311 e. The topological polar surface area (TPSA) is 20.5 Å². The third kappa shape index (κ3) is 4.47. The summed E-state index contributed by atoms with van der Waals surface area (Å²) in [5.41, 5.74) is 13.7. The van der Waals surface area contributed by atoms with Gasteiger partial charge in [0, 0.05) is 39.0 Å². The Bertz CT molecular complexity index is 2270. The van der Waals surface area contributed by atoms with Gasteiger partial charge in [-0.05, 0) is 79.7 Å². The quantitative estimate of drug-likeness (QED) is 0.189. The summed E-state index contributed by atoms with van der Waals surface area (Å²) in [6.07, 6.45) is 0. The molecular weight excluding hydrogens is 546 g/mol. The van der Waals surface area contributed by atoms with E-state index in [1.807, 2.05) is 0 Å². The lowest BCUT2D eigenvalue weighted by Gasteiger charge is -2.25. The zero-order valence-electron chi connectivity index (χ0n) is 25.7. The van der Waals surface area contributed by atoms with E-state index in [1.165, 1.54) is 33.0 Å². The average Bonchev–Trinajstić information content (AvgIpc) is 3.46. The van der Waals surface area contributed by atoms with Gasteiger partial charge in [-0.25, -0.2) is 4.98 Å². The van der Waals surface area contributed by atoms with Crippen LogP contribution in [0.25, 0.3) is 49.8 Å². The smallest absolute Gasteiger partial charge is 0.146 e. The summed E-state index contributed by atoms with van der Waals surface area (Å²) >= 11 is 0. The molecular formula is C42H33N3. The van der Waals surface area contributed by atoms with Crippen molar-refractivity contribution in [3.63, 3.8) is 0 Å². The number of nitrogens with zero attached hydrogens (tertiary/aromatic N) is 3. The molecule has 2 aromatic heterocycles. The van der Waals surface area contributed by atoms with Crippen LogP contribution >= 0.6 is 0 Å². The summed E-state index contributed by atoms with van der Waals surface area (Å²) in [4.78, 5) is 7.80. The molecule has 0 N–H and O–H groups in total. The van der Waals surface area contributed by atoms with Crippen molar-refractivity contribution in [2.75, 3.05) is 4.90 Å². The molecule has 8 rings (SSSR count). The van der Waals surface area contributed by atoms with Crippen molar-refractivity contribution in [3.8, 4) is 22.5 Å². The molecule has 8 aromatic rings. The number of aromatic nitrogens is 2. The molecule has 0 saturated carbocycles. The van der Waals surface area contributed by atoms with Gasteiger partial charge >= 0.3 is 0 Å². The monoisotopic (exact) mass is 579 g/mol. The summed E-state index contributed by atoms with van der Waals surface area (Å²) in [5.74, 6) is 0. The number of pyridine rings is 1. The standard InChI is InChI=1S/C42H33N3/c1-28-26-29(2)39(30(3)27-28)40-41(45-38-21-13-12-19-36(38)35-18-10-11-20-37(35)42(45)43-40)31-22-24-34(25-23-31)44(32-14-6-4-7-15-32)33-16-8-5-9-17-33/h4-27H,1-3H3. The average molecular weight is 580 g/mol. The number of hydrogen-bond donors (Lipinski definition) is 0. The molecule has 2 heterocycles. The van der Waals surface area contributed by atoms with E-state index in [0.29, 0.717) is 0 Å².